The van der Waals surface area contributed by atoms with Crippen molar-refractivity contribution in [3.8, 4) is 0 Å². The standard InChI is InChI=1S/C8H14N2O4S/c9-7(8(11)12)3-10-2-6-1-5(10)4-15(6,13)14/h5-7H,1-4,9H2,(H,11,12). The van der Waals surface area contributed by atoms with Crippen molar-refractivity contribution in [2.45, 2.75) is 23.8 Å². The third-order valence-electron chi connectivity index (χ3n) is 3.17. The molecule has 2 heterocycles. The van der Waals surface area contributed by atoms with Gasteiger partial charge in [-0.2, -0.15) is 0 Å². The van der Waals surface area contributed by atoms with E-state index in [1.54, 1.807) is 0 Å². The first-order chi connectivity index (χ1) is 6.90. The Balaban J connectivity index is 1.98. The van der Waals surface area contributed by atoms with E-state index in [2.05, 4.69) is 0 Å². The number of likely N-dealkylation sites (tertiary alicyclic amines) is 1. The number of carboxylic acid groups (broad SMARTS) is 1. The van der Waals surface area contributed by atoms with Crippen molar-refractivity contribution in [1.29, 1.82) is 0 Å². The number of fused-ring (bicyclic) bond motifs is 2. The fourth-order valence-electron chi connectivity index (χ4n) is 2.33. The molecule has 0 amide bonds. The summed E-state index contributed by atoms with van der Waals surface area (Å²) in [6.07, 6.45) is 0.634. The summed E-state index contributed by atoms with van der Waals surface area (Å²) in [6.45, 7) is 0.681. The smallest absolute Gasteiger partial charge is 0.321 e. The zero-order valence-electron chi connectivity index (χ0n) is 8.17. The monoisotopic (exact) mass is 234 g/mol. The average molecular weight is 234 g/mol. The summed E-state index contributed by atoms with van der Waals surface area (Å²) < 4.78 is 22.8. The number of hydrogen-bond donors (Lipinski definition) is 2. The Hall–Kier alpha value is -0.660. The average Bonchev–Trinajstić information content (AvgIpc) is 2.59. The number of nitrogens with two attached hydrogens (primary N) is 1. The summed E-state index contributed by atoms with van der Waals surface area (Å²) in [5, 5.41) is 8.34. The number of aliphatic carboxylic acids is 1. The fourth-order valence-corrected chi connectivity index (χ4v) is 4.42. The minimum atomic E-state index is -2.91. The lowest BCUT2D eigenvalue weighted by molar-refractivity contribution is -0.139. The first kappa shape index (κ1) is 10.8. The molecule has 0 saturated carbocycles. The summed E-state index contributed by atoms with van der Waals surface area (Å²) in [4.78, 5) is 12.4. The van der Waals surface area contributed by atoms with Crippen molar-refractivity contribution in [2.24, 2.45) is 5.73 Å². The largest absolute Gasteiger partial charge is 0.480 e. The van der Waals surface area contributed by atoms with Crippen LogP contribution in [-0.4, -0.2) is 60.6 Å². The van der Waals surface area contributed by atoms with E-state index >= 15 is 0 Å². The lowest BCUT2D eigenvalue weighted by Crippen LogP contribution is -2.48. The van der Waals surface area contributed by atoms with Crippen LogP contribution in [0.1, 0.15) is 6.42 Å². The van der Waals surface area contributed by atoms with Gasteiger partial charge in [0.15, 0.2) is 9.84 Å². The number of carboxylic acids is 1. The molecule has 0 aliphatic carbocycles. The summed E-state index contributed by atoms with van der Waals surface area (Å²) in [7, 11) is -2.91. The number of nitrogens with zero attached hydrogens (tertiary/aromatic N) is 1. The molecule has 0 aromatic carbocycles. The highest BCUT2D eigenvalue weighted by atomic mass is 32.2. The second-order valence-electron chi connectivity index (χ2n) is 4.24. The van der Waals surface area contributed by atoms with Crippen molar-refractivity contribution >= 4 is 15.8 Å². The van der Waals surface area contributed by atoms with Crippen LogP contribution in [0.4, 0.5) is 0 Å². The topological polar surface area (TPSA) is 101 Å². The molecule has 2 aliphatic heterocycles. The Morgan fingerprint density at radius 3 is 2.67 bits per heavy atom. The van der Waals surface area contributed by atoms with Gasteiger partial charge in [-0.05, 0) is 6.42 Å². The van der Waals surface area contributed by atoms with Crippen LogP contribution in [-0.2, 0) is 14.6 Å². The van der Waals surface area contributed by atoms with Crippen LogP contribution in [0.5, 0.6) is 0 Å². The Morgan fingerprint density at radius 1 is 1.60 bits per heavy atom. The van der Waals surface area contributed by atoms with Crippen LogP contribution in [0, 0.1) is 0 Å². The van der Waals surface area contributed by atoms with E-state index in [9.17, 15) is 13.2 Å². The molecular weight excluding hydrogens is 220 g/mol. The van der Waals surface area contributed by atoms with E-state index in [0.29, 0.717) is 13.0 Å². The van der Waals surface area contributed by atoms with Gasteiger partial charge in [0.2, 0.25) is 0 Å². The van der Waals surface area contributed by atoms with Crippen LogP contribution in [0.3, 0.4) is 0 Å². The molecule has 0 radical (unpaired) electrons. The van der Waals surface area contributed by atoms with Gasteiger partial charge in [-0.3, -0.25) is 9.69 Å². The molecule has 0 aromatic rings. The molecule has 6 nitrogen and oxygen atoms in total. The normalized spacial score (nSPS) is 35.5. The molecule has 2 saturated heterocycles. The molecule has 86 valence electrons. The maximum absolute atomic E-state index is 11.4. The number of rotatable bonds is 3. The first-order valence-electron chi connectivity index (χ1n) is 4.84. The predicted octanol–water partition coefficient (Wildman–Crippen LogP) is -1.73. The Morgan fingerprint density at radius 2 is 2.27 bits per heavy atom. The van der Waals surface area contributed by atoms with Crippen molar-refractivity contribution in [3.05, 3.63) is 0 Å². The third-order valence-corrected chi connectivity index (χ3v) is 5.38. The summed E-state index contributed by atoms with van der Waals surface area (Å²) in [5.41, 5.74) is 5.41. The molecule has 15 heavy (non-hydrogen) atoms. The molecule has 0 aromatic heterocycles. The van der Waals surface area contributed by atoms with Crippen molar-refractivity contribution in [1.82, 2.24) is 4.90 Å². The van der Waals surface area contributed by atoms with E-state index in [1.807, 2.05) is 4.90 Å². The zero-order chi connectivity index (χ0) is 11.2. The second kappa shape index (κ2) is 3.43. The van der Waals surface area contributed by atoms with E-state index in [0.717, 1.165) is 0 Å². The highest BCUT2D eigenvalue weighted by Crippen LogP contribution is 2.32. The summed E-state index contributed by atoms with van der Waals surface area (Å²) >= 11 is 0. The predicted molar refractivity (Wildman–Crippen MR) is 53.2 cm³/mol. The van der Waals surface area contributed by atoms with Gasteiger partial charge in [-0.1, -0.05) is 0 Å². The van der Waals surface area contributed by atoms with Gasteiger partial charge in [-0.15, -0.1) is 0 Å². The van der Waals surface area contributed by atoms with Gasteiger partial charge in [0.25, 0.3) is 0 Å². The summed E-state index contributed by atoms with van der Waals surface area (Å²) in [6, 6.07) is -0.947. The maximum atomic E-state index is 11.4. The Labute approximate surface area is 88.0 Å². The molecule has 3 N–H and O–H groups in total. The van der Waals surface area contributed by atoms with Crippen LogP contribution >= 0.6 is 0 Å². The minimum Gasteiger partial charge on any atom is -0.480 e. The van der Waals surface area contributed by atoms with Crippen LogP contribution < -0.4 is 5.73 Å². The molecule has 0 spiro atoms. The van der Waals surface area contributed by atoms with Crippen LogP contribution in [0.25, 0.3) is 0 Å². The summed E-state index contributed by atoms with van der Waals surface area (Å²) in [5.74, 6) is -0.884. The lowest BCUT2D eigenvalue weighted by atomic mass is 10.2. The van der Waals surface area contributed by atoms with E-state index in [4.69, 9.17) is 10.8 Å². The minimum absolute atomic E-state index is 0.0228. The molecule has 2 rings (SSSR count). The highest BCUT2D eigenvalue weighted by Gasteiger charge is 2.48. The van der Waals surface area contributed by atoms with Gasteiger partial charge < -0.3 is 10.8 Å². The van der Waals surface area contributed by atoms with E-state index < -0.39 is 21.8 Å². The lowest BCUT2D eigenvalue weighted by Gasteiger charge is -2.27. The van der Waals surface area contributed by atoms with Crippen LogP contribution in [0.15, 0.2) is 0 Å². The maximum Gasteiger partial charge on any atom is 0.321 e. The Bertz CT molecular complexity index is 380. The number of sulfone groups is 1. The van der Waals surface area contributed by atoms with Crippen molar-refractivity contribution in [3.63, 3.8) is 0 Å². The number of carbonyl (C=O) groups is 1. The first-order valence-corrected chi connectivity index (χ1v) is 6.55. The van der Waals surface area contributed by atoms with Crippen LogP contribution in [0.2, 0.25) is 0 Å². The van der Waals surface area contributed by atoms with Gasteiger partial charge in [-0.25, -0.2) is 8.42 Å². The molecule has 2 aliphatic rings. The van der Waals surface area contributed by atoms with Gasteiger partial charge in [0.1, 0.15) is 6.04 Å². The molecule has 2 bridgehead atoms. The van der Waals surface area contributed by atoms with Gasteiger partial charge in [0.05, 0.1) is 11.0 Å². The Kier molecular flexibility index (Phi) is 2.48. The van der Waals surface area contributed by atoms with Gasteiger partial charge in [0, 0.05) is 19.1 Å². The molecule has 7 heteroatoms. The third kappa shape index (κ3) is 1.86. The van der Waals surface area contributed by atoms with E-state index in [1.165, 1.54) is 0 Å². The number of hydrogen-bond acceptors (Lipinski definition) is 5. The SMILES string of the molecule is NC(CN1CC2CC1CS2(=O)=O)C(=O)O. The van der Waals surface area contributed by atoms with Crippen molar-refractivity contribution < 1.29 is 18.3 Å². The zero-order valence-corrected chi connectivity index (χ0v) is 8.98. The molecule has 3 unspecified atom stereocenters. The second-order valence-corrected chi connectivity index (χ2v) is 6.57. The quantitative estimate of drug-likeness (QED) is 0.602. The van der Waals surface area contributed by atoms with E-state index in [-0.39, 0.29) is 23.6 Å². The molecule has 2 fully saturated rings. The van der Waals surface area contributed by atoms with Crippen molar-refractivity contribution in [2.75, 3.05) is 18.8 Å². The molecule has 3 atom stereocenters. The fraction of sp³-hybridized carbons (Fsp3) is 0.875. The van der Waals surface area contributed by atoms with Gasteiger partial charge >= 0.3 is 5.97 Å². The highest BCUT2D eigenvalue weighted by molar-refractivity contribution is 7.92. The molecular formula is C8H14N2O4S.